The van der Waals surface area contributed by atoms with Gasteiger partial charge in [0.15, 0.2) is 0 Å². The molecule has 0 saturated carbocycles. The molecule has 0 radical (unpaired) electrons. The third-order valence-corrected chi connectivity index (χ3v) is 2.98. The van der Waals surface area contributed by atoms with Crippen LogP contribution in [0.1, 0.15) is 19.8 Å². The summed E-state index contributed by atoms with van der Waals surface area (Å²) in [4.78, 5) is 11.4. The molecule has 1 amide bonds. The van der Waals surface area contributed by atoms with Crippen LogP contribution in [0.5, 0.6) is 0 Å². The Bertz CT molecular complexity index is 266. The summed E-state index contributed by atoms with van der Waals surface area (Å²) in [6.07, 6.45) is -2.46. The lowest BCUT2D eigenvalue weighted by Gasteiger charge is -2.28. The second-order valence-corrected chi connectivity index (χ2v) is 4.55. The molecule has 18 heavy (non-hydrogen) atoms. The lowest BCUT2D eigenvalue weighted by Crippen LogP contribution is -2.44. The fourth-order valence-electron chi connectivity index (χ4n) is 2.02. The number of hydrogen-bond donors (Lipinski definition) is 2. The van der Waals surface area contributed by atoms with E-state index in [0.29, 0.717) is 5.92 Å². The molecule has 1 unspecified atom stereocenters. The molecule has 0 spiro atoms. The average Bonchev–Trinajstić information content (AvgIpc) is 2.28. The monoisotopic (exact) mass is 268 g/mol. The molecule has 4 nitrogen and oxygen atoms in total. The van der Waals surface area contributed by atoms with Crippen LogP contribution in [0.3, 0.4) is 0 Å². The first-order valence-electron chi connectivity index (χ1n) is 6.03. The molecule has 1 aliphatic rings. The van der Waals surface area contributed by atoms with Crippen molar-refractivity contribution in [3.63, 3.8) is 0 Å². The molecule has 106 valence electrons. The van der Waals surface area contributed by atoms with Crippen molar-refractivity contribution in [3.8, 4) is 0 Å². The molecule has 1 aliphatic heterocycles. The Kier molecular flexibility index (Phi) is 5.87. The zero-order valence-corrected chi connectivity index (χ0v) is 10.3. The molecule has 0 aromatic heterocycles. The zero-order valence-electron chi connectivity index (χ0n) is 10.3. The molecule has 0 aromatic carbocycles. The van der Waals surface area contributed by atoms with Crippen molar-refractivity contribution in [1.29, 1.82) is 0 Å². The van der Waals surface area contributed by atoms with Crippen LogP contribution < -0.4 is 10.6 Å². The molecular weight excluding hydrogens is 249 g/mol. The van der Waals surface area contributed by atoms with Gasteiger partial charge in [-0.05, 0) is 38.8 Å². The standard InChI is InChI=1S/C11H19F3N2O2/c1-8(9-2-4-15-5-3-9)16-10(17)6-18-7-11(12,13)14/h8-9,15H,2-7H2,1H3,(H,16,17). The van der Waals surface area contributed by atoms with Crippen molar-refractivity contribution in [2.45, 2.75) is 32.0 Å². The van der Waals surface area contributed by atoms with Crippen molar-refractivity contribution in [2.75, 3.05) is 26.3 Å². The zero-order chi connectivity index (χ0) is 13.6. The molecule has 1 saturated heterocycles. The van der Waals surface area contributed by atoms with Crippen LogP contribution in [0.2, 0.25) is 0 Å². The molecule has 1 heterocycles. The number of ether oxygens (including phenoxy) is 1. The highest BCUT2D eigenvalue weighted by Gasteiger charge is 2.28. The van der Waals surface area contributed by atoms with Gasteiger partial charge in [0.05, 0.1) is 0 Å². The minimum absolute atomic E-state index is 0.0333. The first kappa shape index (κ1) is 15.2. The third kappa shape index (κ3) is 6.20. The van der Waals surface area contributed by atoms with Gasteiger partial charge in [0.25, 0.3) is 0 Å². The van der Waals surface area contributed by atoms with Crippen molar-refractivity contribution in [3.05, 3.63) is 0 Å². The van der Waals surface area contributed by atoms with Crippen LogP contribution in [-0.4, -0.2) is 44.4 Å². The Hall–Kier alpha value is -0.820. The summed E-state index contributed by atoms with van der Waals surface area (Å²) in [7, 11) is 0. The van der Waals surface area contributed by atoms with E-state index in [1.807, 2.05) is 6.92 Å². The summed E-state index contributed by atoms with van der Waals surface area (Å²) in [6, 6.07) is -0.0333. The number of alkyl halides is 3. The Morgan fingerprint density at radius 2 is 2.06 bits per heavy atom. The van der Waals surface area contributed by atoms with Gasteiger partial charge in [0.1, 0.15) is 13.2 Å². The van der Waals surface area contributed by atoms with Crippen LogP contribution in [-0.2, 0) is 9.53 Å². The van der Waals surface area contributed by atoms with Gasteiger partial charge in [0.2, 0.25) is 5.91 Å². The van der Waals surface area contributed by atoms with E-state index in [4.69, 9.17) is 0 Å². The van der Waals surface area contributed by atoms with E-state index in [0.717, 1.165) is 25.9 Å². The second kappa shape index (κ2) is 6.94. The number of amides is 1. The van der Waals surface area contributed by atoms with Gasteiger partial charge in [-0.3, -0.25) is 4.79 Å². The van der Waals surface area contributed by atoms with E-state index < -0.39 is 25.3 Å². The number of nitrogens with one attached hydrogen (secondary N) is 2. The Labute approximate surface area is 104 Å². The Balaban J connectivity index is 2.18. The van der Waals surface area contributed by atoms with Crippen LogP contribution >= 0.6 is 0 Å². The number of halogens is 3. The van der Waals surface area contributed by atoms with E-state index in [-0.39, 0.29) is 6.04 Å². The Morgan fingerprint density at radius 1 is 1.44 bits per heavy atom. The van der Waals surface area contributed by atoms with Crippen LogP contribution in [0.25, 0.3) is 0 Å². The van der Waals surface area contributed by atoms with Crippen molar-refractivity contribution in [2.24, 2.45) is 5.92 Å². The predicted octanol–water partition coefficient (Wildman–Crippen LogP) is 1.07. The van der Waals surface area contributed by atoms with Gasteiger partial charge in [-0.1, -0.05) is 0 Å². The highest BCUT2D eigenvalue weighted by atomic mass is 19.4. The molecule has 1 atom stereocenters. The van der Waals surface area contributed by atoms with Gasteiger partial charge in [-0.15, -0.1) is 0 Å². The molecule has 0 bridgehead atoms. The second-order valence-electron chi connectivity index (χ2n) is 4.55. The number of carbonyl (C=O) groups excluding carboxylic acids is 1. The number of carbonyl (C=O) groups is 1. The molecular formula is C11H19F3N2O2. The molecule has 2 N–H and O–H groups in total. The molecule has 7 heteroatoms. The lowest BCUT2D eigenvalue weighted by molar-refractivity contribution is -0.175. The SMILES string of the molecule is CC(NC(=O)COCC(F)(F)F)C1CCNCC1. The maximum absolute atomic E-state index is 11.8. The summed E-state index contributed by atoms with van der Waals surface area (Å²) in [5.41, 5.74) is 0. The van der Waals surface area contributed by atoms with E-state index in [1.165, 1.54) is 0 Å². The van der Waals surface area contributed by atoms with Gasteiger partial charge in [-0.25, -0.2) is 0 Å². The summed E-state index contributed by atoms with van der Waals surface area (Å²) in [6.45, 7) is 1.76. The van der Waals surface area contributed by atoms with E-state index in [1.54, 1.807) is 0 Å². The maximum atomic E-state index is 11.8. The van der Waals surface area contributed by atoms with Crippen LogP contribution in [0.4, 0.5) is 13.2 Å². The summed E-state index contributed by atoms with van der Waals surface area (Å²) >= 11 is 0. The maximum Gasteiger partial charge on any atom is 0.411 e. The number of piperidine rings is 1. The number of hydrogen-bond acceptors (Lipinski definition) is 3. The highest BCUT2D eigenvalue weighted by molar-refractivity contribution is 5.77. The van der Waals surface area contributed by atoms with Crippen LogP contribution in [0, 0.1) is 5.92 Å². The van der Waals surface area contributed by atoms with Crippen molar-refractivity contribution >= 4 is 5.91 Å². The van der Waals surface area contributed by atoms with Gasteiger partial charge in [0, 0.05) is 6.04 Å². The van der Waals surface area contributed by atoms with E-state index in [9.17, 15) is 18.0 Å². The van der Waals surface area contributed by atoms with E-state index in [2.05, 4.69) is 15.4 Å². The molecule has 0 aliphatic carbocycles. The van der Waals surface area contributed by atoms with E-state index >= 15 is 0 Å². The first-order valence-corrected chi connectivity index (χ1v) is 6.03. The normalized spacial score (nSPS) is 19.6. The van der Waals surface area contributed by atoms with Crippen LogP contribution in [0.15, 0.2) is 0 Å². The largest absolute Gasteiger partial charge is 0.411 e. The smallest absolute Gasteiger partial charge is 0.362 e. The minimum atomic E-state index is -4.39. The predicted molar refractivity (Wildman–Crippen MR) is 60.1 cm³/mol. The fourth-order valence-corrected chi connectivity index (χ4v) is 2.02. The quantitative estimate of drug-likeness (QED) is 0.784. The number of rotatable bonds is 5. The fraction of sp³-hybridized carbons (Fsp3) is 0.909. The van der Waals surface area contributed by atoms with Gasteiger partial charge >= 0.3 is 6.18 Å². The van der Waals surface area contributed by atoms with Crippen molar-refractivity contribution in [1.82, 2.24) is 10.6 Å². The Morgan fingerprint density at radius 3 is 2.61 bits per heavy atom. The van der Waals surface area contributed by atoms with Crippen molar-refractivity contribution < 1.29 is 22.7 Å². The first-order chi connectivity index (χ1) is 8.38. The van der Waals surface area contributed by atoms with Gasteiger partial charge in [-0.2, -0.15) is 13.2 Å². The summed E-state index contributed by atoms with van der Waals surface area (Å²) in [5, 5.41) is 5.89. The van der Waals surface area contributed by atoms with Gasteiger partial charge < -0.3 is 15.4 Å². The third-order valence-electron chi connectivity index (χ3n) is 2.98. The highest BCUT2D eigenvalue weighted by Crippen LogP contribution is 2.16. The average molecular weight is 268 g/mol. The molecule has 1 rings (SSSR count). The minimum Gasteiger partial charge on any atom is -0.362 e. The lowest BCUT2D eigenvalue weighted by atomic mass is 9.91. The molecule has 1 fully saturated rings. The summed E-state index contributed by atoms with van der Waals surface area (Å²) < 4.78 is 39.7. The molecule has 0 aromatic rings. The topological polar surface area (TPSA) is 50.4 Å². The summed E-state index contributed by atoms with van der Waals surface area (Å²) in [5.74, 6) is -0.122.